The zero-order chi connectivity index (χ0) is 21.0. The minimum Gasteiger partial charge on any atom is -0.497 e. The zero-order valence-electron chi connectivity index (χ0n) is 17.0. The maximum absolute atomic E-state index is 13.0. The van der Waals surface area contributed by atoms with E-state index < -0.39 is 5.25 Å². The highest BCUT2D eigenvalue weighted by Crippen LogP contribution is 2.27. The normalized spacial score (nSPS) is 13.1. The molecule has 0 bridgehead atoms. The van der Waals surface area contributed by atoms with E-state index in [1.54, 1.807) is 42.0 Å². The van der Waals surface area contributed by atoms with Crippen LogP contribution in [0.2, 0.25) is 0 Å². The molecule has 1 aromatic heterocycles. The van der Waals surface area contributed by atoms with Crippen molar-refractivity contribution >= 4 is 34.3 Å². The topological polar surface area (TPSA) is 73.2 Å². The summed E-state index contributed by atoms with van der Waals surface area (Å²) in [6, 6.07) is 14.5. The number of para-hydroxylation sites is 1. The molecular formula is C22H25N3O3S. The van der Waals surface area contributed by atoms with Crippen LogP contribution in [-0.2, 0) is 4.79 Å². The van der Waals surface area contributed by atoms with E-state index >= 15 is 0 Å². The monoisotopic (exact) mass is 411 g/mol. The number of rotatable bonds is 7. The lowest BCUT2D eigenvalue weighted by Crippen LogP contribution is -2.28. The molecule has 2 atom stereocenters. The number of anilines is 1. The molecule has 29 heavy (non-hydrogen) atoms. The molecule has 7 heteroatoms. The van der Waals surface area contributed by atoms with Crippen LogP contribution in [0.5, 0.6) is 5.75 Å². The van der Waals surface area contributed by atoms with Gasteiger partial charge >= 0.3 is 0 Å². The first-order chi connectivity index (χ1) is 13.9. The number of thioether (sulfide) groups is 1. The first-order valence-electron chi connectivity index (χ1n) is 9.57. The van der Waals surface area contributed by atoms with Gasteiger partial charge in [-0.2, -0.15) is 0 Å². The van der Waals surface area contributed by atoms with Crippen LogP contribution in [-0.4, -0.2) is 27.8 Å². The maximum atomic E-state index is 13.0. The second-order valence-corrected chi connectivity index (χ2v) is 8.13. The Balaban J connectivity index is 1.87. The lowest BCUT2D eigenvalue weighted by Gasteiger charge is -2.20. The highest BCUT2D eigenvalue weighted by molar-refractivity contribution is 8.00. The third-order valence-electron chi connectivity index (χ3n) is 4.82. The summed E-state index contributed by atoms with van der Waals surface area (Å²) in [4.78, 5) is 30.4. The molecule has 3 aromatic rings. The minimum absolute atomic E-state index is 0.0149. The molecule has 6 nitrogen and oxygen atoms in total. The van der Waals surface area contributed by atoms with E-state index in [2.05, 4.69) is 10.3 Å². The Morgan fingerprint density at radius 3 is 2.52 bits per heavy atom. The van der Waals surface area contributed by atoms with Crippen molar-refractivity contribution < 1.29 is 9.53 Å². The number of fused-ring (bicyclic) bond motifs is 1. The Kier molecular flexibility index (Phi) is 6.59. The Hall–Kier alpha value is -2.80. The number of carbonyl (C=O) groups is 1. The van der Waals surface area contributed by atoms with Gasteiger partial charge in [-0.25, -0.2) is 4.98 Å². The number of benzene rings is 2. The van der Waals surface area contributed by atoms with Crippen LogP contribution in [0.15, 0.2) is 58.5 Å². The van der Waals surface area contributed by atoms with Gasteiger partial charge in [0, 0.05) is 11.7 Å². The van der Waals surface area contributed by atoms with Crippen LogP contribution < -0.4 is 15.6 Å². The second kappa shape index (κ2) is 9.13. The first kappa shape index (κ1) is 20.9. The van der Waals surface area contributed by atoms with Crippen molar-refractivity contribution in [1.82, 2.24) is 9.55 Å². The SMILES string of the molecule is CC[C@H](C)n1c(S[C@H](C)C(=O)Nc2ccc(OC)cc2)nc2ccccc2c1=O. The molecule has 2 aromatic carbocycles. The van der Waals surface area contributed by atoms with Crippen molar-refractivity contribution in [2.24, 2.45) is 0 Å². The number of nitrogens with one attached hydrogen (secondary N) is 1. The molecule has 3 rings (SSSR count). The van der Waals surface area contributed by atoms with Gasteiger partial charge in [-0.3, -0.25) is 14.2 Å². The fourth-order valence-electron chi connectivity index (χ4n) is 2.91. The van der Waals surface area contributed by atoms with Crippen LogP contribution in [0, 0.1) is 0 Å². The Bertz CT molecular complexity index is 1060. The van der Waals surface area contributed by atoms with E-state index in [9.17, 15) is 9.59 Å². The predicted molar refractivity (Wildman–Crippen MR) is 118 cm³/mol. The highest BCUT2D eigenvalue weighted by atomic mass is 32.2. The number of hydrogen-bond acceptors (Lipinski definition) is 5. The third kappa shape index (κ3) is 4.62. The summed E-state index contributed by atoms with van der Waals surface area (Å²) >= 11 is 1.29. The summed E-state index contributed by atoms with van der Waals surface area (Å²) in [6.45, 7) is 5.83. The van der Waals surface area contributed by atoms with Crippen LogP contribution in [0.4, 0.5) is 5.69 Å². The molecule has 0 fully saturated rings. The molecule has 0 aliphatic rings. The van der Waals surface area contributed by atoms with Crippen molar-refractivity contribution in [1.29, 1.82) is 0 Å². The largest absolute Gasteiger partial charge is 0.497 e. The van der Waals surface area contributed by atoms with Gasteiger partial charge in [-0.15, -0.1) is 0 Å². The van der Waals surface area contributed by atoms with E-state index in [4.69, 9.17) is 4.74 Å². The van der Waals surface area contributed by atoms with Gasteiger partial charge in [-0.1, -0.05) is 30.8 Å². The van der Waals surface area contributed by atoms with Gasteiger partial charge in [0.2, 0.25) is 5.91 Å². The van der Waals surface area contributed by atoms with Crippen molar-refractivity contribution in [3.8, 4) is 5.75 Å². The molecule has 152 valence electrons. The fraction of sp³-hybridized carbons (Fsp3) is 0.318. The average Bonchev–Trinajstić information content (AvgIpc) is 2.74. The number of methoxy groups -OCH3 is 1. The van der Waals surface area contributed by atoms with Gasteiger partial charge in [0.15, 0.2) is 5.16 Å². The van der Waals surface area contributed by atoms with Gasteiger partial charge in [0.1, 0.15) is 5.75 Å². The Morgan fingerprint density at radius 1 is 1.17 bits per heavy atom. The average molecular weight is 412 g/mol. The summed E-state index contributed by atoms with van der Waals surface area (Å²) in [6.07, 6.45) is 0.792. The number of nitrogens with zero attached hydrogens (tertiary/aromatic N) is 2. The van der Waals surface area contributed by atoms with Crippen LogP contribution in [0.1, 0.15) is 33.2 Å². The predicted octanol–water partition coefficient (Wildman–Crippen LogP) is 4.50. The van der Waals surface area contributed by atoms with Gasteiger partial charge in [0.05, 0.1) is 23.3 Å². The zero-order valence-corrected chi connectivity index (χ0v) is 17.8. The molecule has 1 N–H and O–H groups in total. The number of carbonyl (C=O) groups excluding carboxylic acids is 1. The number of ether oxygens (including phenoxy) is 1. The molecule has 1 heterocycles. The number of amides is 1. The molecule has 1 amide bonds. The summed E-state index contributed by atoms with van der Waals surface area (Å²) in [5.74, 6) is 0.571. The molecule has 0 unspecified atom stereocenters. The van der Waals surface area contributed by atoms with Crippen LogP contribution in [0.3, 0.4) is 0 Å². The van der Waals surface area contributed by atoms with Crippen molar-refractivity contribution in [3.05, 3.63) is 58.9 Å². The van der Waals surface area contributed by atoms with Crippen molar-refractivity contribution in [3.63, 3.8) is 0 Å². The lowest BCUT2D eigenvalue weighted by atomic mass is 10.2. The lowest BCUT2D eigenvalue weighted by molar-refractivity contribution is -0.115. The Morgan fingerprint density at radius 2 is 1.86 bits per heavy atom. The summed E-state index contributed by atoms with van der Waals surface area (Å²) in [7, 11) is 1.60. The standard InChI is InChI=1S/C22H25N3O3S/c1-5-14(2)25-21(27)18-8-6-7-9-19(18)24-22(25)29-15(3)20(26)23-16-10-12-17(28-4)13-11-16/h6-15H,5H2,1-4H3,(H,23,26)/t14-,15+/m0/s1. The summed E-state index contributed by atoms with van der Waals surface area (Å²) < 4.78 is 6.83. The van der Waals surface area contributed by atoms with E-state index in [0.29, 0.717) is 21.7 Å². The van der Waals surface area contributed by atoms with E-state index in [1.807, 2.05) is 39.0 Å². The van der Waals surface area contributed by atoms with Gasteiger partial charge < -0.3 is 10.1 Å². The van der Waals surface area contributed by atoms with Gasteiger partial charge in [-0.05, 0) is 56.7 Å². The molecule has 0 aliphatic carbocycles. The van der Waals surface area contributed by atoms with Gasteiger partial charge in [0.25, 0.3) is 5.56 Å². The Labute approximate surface area is 174 Å². The van der Waals surface area contributed by atoms with Crippen LogP contribution >= 0.6 is 11.8 Å². The molecule has 0 aliphatic heterocycles. The number of hydrogen-bond donors (Lipinski definition) is 1. The third-order valence-corrected chi connectivity index (χ3v) is 5.88. The number of aromatic nitrogens is 2. The minimum atomic E-state index is -0.430. The van der Waals surface area contributed by atoms with Crippen molar-refractivity contribution in [2.75, 3.05) is 12.4 Å². The van der Waals surface area contributed by atoms with E-state index in [-0.39, 0.29) is 17.5 Å². The quantitative estimate of drug-likeness (QED) is 0.458. The molecule has 0 saturated carbocycles. The second-order valence-electron chi connectivity index (χ2n) is 6.82. The van der Waals surface area contributed by atoms with Crippen LogP contribution in [0.25, 0.3) is 10.9 Å². The summed E-state index contributed by atoms with van der Waals surface area (Å²) in [5, 5.41) is 3.61. The van der Waals surface area contributed by atoms with E-state index in [0.717, 1.165) is 12.2 Å². The maximum Gasteiger partial charge on any atom is 0.262 e. The molecule has 0 radical (unpaired) electrons. The highest BCUT2D eigenvalue weighted by Gasteiger charge is 2.21. The fourth-order valence-corrected chi connectivity index (χ4v) is 3.92. The smallest absolute Gasteiger partial charge is 0.262 e. The first-order valence-corrected chi connectivity index (χ1v) is 10.5. The summed E-state index contributed by atoms with van der Waals surface area (Å²) in [5.41, 5.74) is 1.26. The molecular weight excluding hydrogens is 386 g/mol. The molecule has 0 saturated heterocycles. The van der Waals surface area contributed by atoms with Crippen molar-refractivity contribution in [2.45, 2.75) is 43.6 Å². The molecule has 0 spiro atoms. The van der Waals surface area contributed by atoms with E-state index in [1.165, 1.54) is 11.8 Å².